The Labute approximate surface area is 135 Å². The number of carbonyl (C=O) groups is 2. The molecule has 0 aliphatic heterocycles. The molecule has 1 aromatic carbocycles. The molecule has 0 fully saturated rings. The molecule has 0 unspecified atom stereocenters. The third kappa shape index (κ3) is 3.56. The molecule has 0 aliphatic rings. The Bertz CT molecular complexity index is 832. The number of aryl methyl sites for hydroxylation is 1. The molecule has 0 spiro atoms. The molecule has 0 bridgehead atoms. The zero-order chi connectivity index (χ0) is 18.1. The number of carboxylic acid groups (broad SMARTS) is 1. The summed E-state index contributed by atoms with van der Waals surface area (Å²) < 4.78 is 38.0. The number of aromatic carboxylic acids is 1. The lowest BCUT2D eigenvalue weighted by molar-refractivity contribution is -0.137. The molecular formula is C17H14F3NO3. The van der Waals surface area contributed by atoms with Crippen LogP contribution in [0, 0.1) is 13.8 Å². The van der Waals surface area contributed by atoms with Crippen molar-refractivity contribution >= 4 is 17.8 Å². The monoisotopic (exact) mass is 337 g/mol. The van der Waals surface area contributed by atoms with E-state index in [1.54, 1.807) is 6.92 Å². The van der Waals surface area contributed by atoms with Crippen molar-refractivity contribution in [3.8, 4) is 0 Å². The second-order valence-electron chi connectivity index (χ2n) is 5.25. The van der Waals surface area contributed by atoms with E-state index in [9.17, 15) is 22.8 Å². The summed E-state index contributed by atoms with van der Waals surface area (Å²) in [6, 6.07) is 4.57. The number of hydrogen-bond acceptors (Lipinski definition) is 2. The van der Waals surface area contributed by atoms with Gasteiger partial charge in [-0.25, -0.2) is 4.79 Å². The minimum absolute atomic E-state index is 0.0803. The fourth-order valence-corrected chi connectivity index (χ4v) is 2.41. The highest BCUT2D eigenvalue weighted by Crippen LogP contribution is 2.29. The van der Waals surface area contributed by atoms with Crippen molar-refractivity contribution in [1.29, 1.82) is 0 Å². The van der Waals surface area contributed by atoms with Crippen molar-refractivity contribution < 1.29 is 27.9 Å². The van der Waals surface area contributed by atoms with Gasteiger partial charge in [0.25, 0.3) is 0 Å². The molecule has 126 valence electrons. The lowest BCUT2D eigenvalue weighted by atomic mass is 10.0. The van der Waals surface area contributed by atoms with Gasteiger partial charge in [-0.2, -0.15) is 13.2 Å². The normalized spacial score (nSPS) is 11.9. The maximum Gasteiger partial charge on any atom is 0.416 e. The van der Waals surface area contributed by atoms with Gasteiger partial charge < -0.3 is 10.1 Å². The number of benzene rings is 1. The van der Waals surface area contributed by atoms with E-state index >= 15 is 0 Å². The van der Waals surface area contributed by atoms with Crippen LogP contribution in [0.4, 0.5) is 13.2 Å². The van der Waals surface area contributed by atoms with Crippen molar-refractivity contribution in [3.63, 3.8) is 0 Å². The highest BCUT2D eigenvalue weighted by atomic mass is 19.4. The minimum atomic E-state index is -4.46. The number of aromatic amines is 1. The smallest absolute Gasteiger partial charge is 0.416 e. The lowest BCUT2D eigenvalue weighted by Gasteiger charge is -2.06. The van der Waals surface area contributed by atoms with Crippen LogP contribution in [0.25, 0.3) is 6.08 Å². The Morgan fingerprint density at radius 1 is 1.21 bits per heavy atom. The average Bonchev–Trinajstić information content (AvgIpc) is 2.79. The van der Waals surface area contributed by atoms with Gasteiger partial charge >= 0.3 is 12.1 Å². The number of rotatable bonds is 4. The van der Waals surface area contributed by atoms with Gasteiger partial charge in [0, 0.05) is 11.3 Å². The number of aromatic nitrogens is 1. The standard InChI is InChI=1S/C17H14F3NO3/c1-9-14(10(2)21-15(9)16(23)24)13(22)7-6-11-4-3-5-12(8-11)17(18,19)20/h3-8,21H,1-2H3,(H,23,24)/b7-6+. The van der Waals surface area contributed by atoms with E-state index in [4.69, 9.17) is 5.11 Å². The predicted molar refractivity (Wildman–Crippen MR) is 82.0 cm³/mol. The molecule has 0 radical (unpaired) electrons. The molecule has 2 rings (SSSR count). The molecule has 1 aromatic heterocycles. The molecule has 1 heterocycles. The Hall–Kier alpha value is -2.83. The first-order chi connectivity index (χ1) is 11.1. The minimum Gasteiger partial charge on any atom is -0.477 e. The van der Waals surface area contributed by atoms with Gasteiger partial charge in [-0.05, 0) is 43.2 Å². The van der Waals surface area contributed by atoms with E-state index in [0.717, 1.165) is 18.2 Å². The number of ketones is 1. The topological polar surface area (TPSA) is 70.2 Å². The number of alkyl halides is 3. The van der Waals surface area contributed by atoms with Crippen molar-refractivity contribution in [2.45, 2.75) is 20.0 Å². The summed E-state index contributed by atoms with van der Waals surface area (Å²) in [6.45, 7) is 3.06. The molecule has 0 aliphatic carbocycles. The molecule has 24 heavy (non-hydrogen) atoms. The number of hydrogen-bond donors (Lipinski definition) is 2. The van der Waals surface area contributed by atoms with Crippen LogP contribution >= 0.6 is 0 Å². The summed E-state index contributed by atoms with van der Waals surface area (Å²) in [6.07, 6.45) is -2.06. The van der Waals surface area contributed by atoms with Crippen LogP contribution in [0.3, 0.4) is 0 Å². The number of allylic oxidation sites excluding steroid dienone is 1. The van der Waals surface area contributed by atoms with Crippen LogP contribution in [0.5, 0.6) is 0 Å². The van der Waals surface area contributed by atoms with Gasteiger partial charge in [-0.3, -0.25) is 4.79 Å². The Kier molecular flexibility index (Phi) is 4.64. The largest absolute Gasteiger partial charge is 0.477 e. The third-order valence-electron chi connectivity index (χ3n) is 3.54. The van der Waals surface area contributed by atoms with Gasteiger partial charge in [0.05, 0.1) is 5.56 Å². The summed E-state index contributed by atoms with van der Waals surface area (Å²) >= 11 is 0. The fraction of sp³-hybridized carbons (Fsp3) is 0.176. The van der Waals surface area contributed by atoms with Crippen LogP contribution in [0.15, 0.2) is 30.3 Å². The second kappa shape index (κ2) is 6.35. The van der Waals surface area contributed by atoms with E-state index in [0.29, 0.717) is 11.3 Å². The molecule has 0 saturated heterocycles. The zero-order valence-electron chi connectivity index (χ0n) is 12.9. The lowest BCUT2D eigenvalue weighted by Crippen LogP contribution is -2.04. The highest BCUT2D eigenvalue weighted by molar-refractivity contribution is 6.10. The molecule has 4 nitrogen and oxygen atoms in total. The van der Waals surface area contributed by atoms with Crippen LogP contribution < -0.4 is 0 Å². The summed E-state index contributed by atoms with van der Waals surface area (Å²) in [5.41, 5.74) is 0.225. The molecule has 2 aromatic rings. The van der Waals surface area contributed by atoms with E-state index in [2.05, 4.69) is 4.98 Å². The van der Waals surface area contributed by atoms with E-state index in [1.165, 1.54) is 25.1 Å². The van der Waals surface area contributed by atoms with E-state index in [-0.39, 0.29) is 16.8 Å². The van der Waals surface area contributed by atoms with E-state index in [1.807, 2.05) is 0 Å². The predicted octanol–water partition coefficient (Wildman–Crippen LogP) is 4.24. The molecule has 0 amide bonds. The molecule has 0 saturated carbocycles. The van der Waals surface area contributed by atoms with Crippen molar-refractivity contribution in [2.75, 3.05) is 0 Å². The van der Waals surface area contributed by atoms with Gasteiger partial charge in [0.1, 0.15) is 5.69 Å². The van der Waals surface area contributed by atoms with Crippen LogP contribution in [0.2, 0.25) is 0 Å². The summed E-state index contributed by atoms with van der Waals surface area (Å²) in [5.74, 6) is -1.66. The SMILES string of the molecule is Cc1[nH]c(C(=O)O)c(C)c1C(=O)/C=C/c1cccc(C(F)(F)F)c1. The molecule has 2 N–H and O–H groups in total. The number of halogens is 3. The van der Waals surface area contributed by atoms with Crippen molar-refractivity contribution in [3.05, 3.63) is 64.0 Å². The van der Waals surface area contributed by atoms with Crippen molar-refractivity contribution in [1.82, 2.24) is 4.98 Å². The summed E-state index contributed by atoms with van der Waals surface area (Å²) in [5, 5.41) is 9.03. The number of carbonyl (C=O) groups excluding carboxylic acids is 1. The Balaban J connectivity index is 2.31. The number of H-pyrrole nitrogens is 1. The van der Waals surface area contributed by atoms with E-state index < -0.39 is 23.5 Å². The first-order valence-corrected chi connectivity index (χ1v) is 6.93. The van der Waals surface area contributed by atoms with Gasteiger partial charge in [0.2, 0.25) is 0 Å². The van der Waals surface area contributed by atoms with Gasteiger partial charge in [-0.1, -0.05) is 18.2 Å². The third-order valence-corrected chi connectivity index (χ3v) is 3.54. The first kappa shape index (κ1) is 17.5. The van der Waals surface area contributed by atoms with Crippen molar-refractivity contribution in [2.24, 2.45) is 0 Å². The van der Waals surface area contributed by atoms with Crippen LogP contribution in [0.1, 0.15) is 43.2 Å². The molecule has 0 atom stereocenters. The Morgan fingerprint density at radius 3 is 2.42 bits per heavy atom. The summed E-state index contributed by atoms with van der Waals surface area (Å²) in [7, 11) is 0. The highest BCUT2D eigenvalue weighted by Gasteiger charge is 2.30. The number of carboxylic acids is 1. The molecule has 7 heteroatoms. The van der Waals surface area contributed by atoms with Crippen LogP contribution in [-0.4, -0.2) is 21.8 Å². The quantitative estimate of drug-likeness (QED) is 0.647. The second-order valence-corrected chi connectivity index (χ2v) is 5.25. The zero-order valence-corrected chi connectivity index (χ0v) is 12.9. The maximum atomic E-state index is 12.7. The first-order valence-electron chi connectivity index (χ1n) is 6.93. The van der Waals surface area contributed by atoms with Gasteiger partial charge in [-0.15, -0.1) is 0 Å². The van der Waals surface area contributed by atoms with Gasteiger partial charge in [0.15, 0.2) is 5.78 Å². The Morgan fingerprint density at radius 2 is 1.88 bits per heavy atom. The van der Waals surface area contributed by atoms with Crippen LogP contribution in [-0.2, 0) is 6.18 Å². The average molecular weight is 337 g/mol. The fourth-order valence-electron chi connectivity index (χ4n) is 2.41. The summed E-state index contributed by atoms with van der Waals surface area (Å²) in [4.78, 5) is 25.9. The molecular weight excluding hydrogens is 323 g/mol. The number of nitrogens with one attached hydrogen (secondary N) is 1. The maximum absolute atomic E-state index is 12.7.